The lowest BCUT2D eigenvalue weighted by atomic mass is 10.1. The molecule has 1 aromatic carbocycles. The first-order chi connectivity index (χ1) is 10.1. The highest BCUT2D eigenvalue weighted by molar-refractivity contribution is 8.00. The Hall–Kier alpha value is -2.39. The van der Waals surface area contributed by atoms with Crippen LogP contribution in [0.4, 0.5) is 5.69 Å². The highest BCUT2D eigenvalue weighted by Gasteiger charge is 2.13. The van der Waals surface area contributed by atoms with Crippen molar-refractivity contribution in [1.29, 1.82) is 5.26 Å². The highest BCUT2D eigenvalue weighted by Crippen LogP contribution is 2.33. The predicted octanol–water partition coefficient (Wildman–Crippen LogP) is 4.07. The number of aromatic nitrogens is 2. The monoisotopic (exact) mass is 298 g/mol. The molecule has 0 spiro atoms. The van der Waals surface area contributed by atoms with E-state index in [1.165, 1.54) is 11.9 Å². The van der Waals surface area contributed by atoms with Gasteiger partial charge in [0, 0.05) is 11.6 Å². The Morgan fingerprint density at radius 3 is 2.81 bits per heavy atom. The van der Waals surface area contributed by atoms with Crippen molar-refractivity contribution < 1.29 is 4.52 Å². The molecule has 6 heteroatoms. The molecule has 5 nitrogen and oxygen atoms in total. The van der Waals surface area contributed by atoms with Gasteiger partial charge in [-0.25, -0.2) is 0 Å². The summed E-state index contributed by atoms with van der Waals surface area (Å²) in [6, 6.07) is 6.22. The first kappa shape index (κ1) is 13.6. The second-order valence-electron chi connectivity index (χ2n) is 4.85. The van der Waals surface area contributed by atoms with Crippen LogP contribution in [0.1, 0.15) is 22.6 Å². The predicted molar refractivity (Wildman–Crippen MR) is 83.2 cm³/mol. The van der Waals surface area contributed by atoms with Gasteiger partial charge in [0.05, 0.1) is 27.4 Å². The Bertz CT molecular complexity index is 837. The minimum atomic E-state index is 0.661. The van der Waals surface area contributed by atoms with Gasteiger partial charge in [-0.1, -0.05) is 11.2 Å². The minimum Gasteiger partial charge on any atom is -0.360 e. The fourth-order valence-electron chi connectivity index (χ4n) is 2.32. The number of nitriles is 1. The number of aromatic amines is 1. The minimum absolute atomic E-state index is 0.661. The topological polar surface area (TPSA) is 77.6 Å². The van der Waals surface area contributed by atoms with E-state index in [1.54, 1.807) is 6.20 Å². The van der Waals surface area contributed by atoms with E-state index in [0.29, 0.717) is 5.56 Å². The molecule has 0 unspecified atom stereocenters. The molecule has 3 rings (SSSR count). The van der Waals surface area contributed by atoms with Crippen LogP contribution in [0.3, 0.4) is 0 Å². The second-order valence-corrected chi connectivity index (χ2v) is 5.67. The number of benzene rings is 1. The zero-order chi connectivity index (χ0) is 15.0. The van der Waals surface area contributed by atoms with Gasteiger partial charge in [-0.3, -0.25) is 0 Å². The zero-order valence-corrected chi connectivity index (χ0v) is 12.8. The number of aryl methyl sites for hydroxylation is 3. The van der Waals surface area contributed by atoms with Crippen molar-refractivity contribution in [2.75, 3.05) is 4.72 Å². The van der Waals surface area contributed by atoms with Crippen LogP contribution in [-0.2, 0) is 0 Å². The van der Waals surface area contributed by atoms with Gasteiger partial charge in [-0.05, 0) is 44.3 Å². The van der Waals surface area contributed by atoms with Crippen LogP contribution < -0.4 is 4.72 Å². The standard InChI is InChI=1S/C15H14N4OS/c1-8-4-5-12(14-13(8)11(6-16)7-17-14)19-21-15-9(2)18-20-10(15)3/h4-5,7,17,19H,1-3H3. The normalized spacial score (nSPS) is 10.8. The van der Waals surface area contributed by atoms with Crippen LogP contribution in [0, 0.1) is 32.1 Å². The molecule has 0 atom stereocenters. The summed E-state index contributed by atoms with van der Waals surface area (Å²) in [5.74, 6) is 0.789. The Morgan fingerprint density at radius 2 is 2.14 bits per heavy atom. The molecular formula is C15H14N4OS. The third-order valence-electron chi connectivity index (χ3n) is 3.40. The third-order valence-corrected chi connectivity index (χ3v) is 4.50. The number of rotatable bonds is 3. The molecule has 2 heterocycles. The van der Waals surface area contributed by atoms with E-state index in [4.69, 9.17) is 4.52 Å². The molecule has 21 heavy (non-hydrogen) atoms. The van der Waals surface area contributed by atoms with E-state index in [9.17, 15) is 5.26 Å². The summed E-state index contributed by atoms with van der Waals surface area (Å²) in [5.41, 5.74) is 4.47. The van der Waals surface area contributed by atoms with Gasteiger partial charge in [0.15, 0.2) is 0 Å². The summed E-state index contributed by atoms with van der Waals surface area (Å²) in [6.07, 6.45) is 1.74. The lowest BCUT2D eigenvalue weighted by Gasteiger charge is -2.08. The van der Waals surface area contributed by atoms with Crippen molar-refractivity contribution >= 4 is 28.5 Å². The van der Waals surface area contributed by atoms with Crippen molar-refractivity contribution in [2.45, 2.75) is 25.7 Å². The maximum Gasteiger partial charge on any atom is 0.149 e. The molecule has 0 aliphatic rings. The molecule has 106 valence electrons. The van der Waals surface area contributed by atoms with E-state index in [2.05, 4.69) is 20.9 Å². The Morgan fingerprint density at radius 1 is 1.33 bits per heavy atom. The largest absolute Gasteiger partial charge is 0.360 e. The van der Waals surface area contributed by atoms with Crippen molar-refractivity contribution in [2.24, 2.45) is 0 Å². The van der Waals surface area contributed by atoms with Gasteiger partial charge in [-0.15, -0.1) is 0 Å². The Kier molecular flexibility index (Phi) is 3.35. The first-order valence-electron chi connectivity index (χ1n) is 6.48. The van der Waals surface area contributed by atoms with Gasteiger partial charge in [0.2, 0.25) is 0 Å². The van der Waals surface area contributed by atoms with Crippen molar-refractivity contribution in [3.8, 4) is 6.07 Å². The molecule has 0 radical (unpaired) electrons. The maximum absolute atomic E-state index is 9.18. The summed E-state index contributed by atoms with van der Waals surface area (Å²) in [4.78, 5) is 4.15. The molecule has 3 aromatic rings. The highest BCUT2D eigenvalue weighted by atomic mass is 32.2. The molecule has 0 amide bonds. The SMILES string of the molecule is Cc1noc(C)c1SNc1ccc(C)c2c(C#N)c[nH]c12. The zero-order valence-electron chi connectivity index (χ0n) is 11.9. The van der Waals surface area contributed by atoms with Gasteiger partial charge in [-0.2, -0.15) is 5.26 Å². The van der Waals surface area contributed by atoms with E-state index >= 15 is 0 Å². The Balaban J connectivity index is 1.97. The average Bonchev–Trinajstić information content (AvgIpc) is 3.04. The lowest BCUT2D eigenvalue weighted by molar-refractivity contribution is 0.391. The smallest absolute Gasteiger partial charge is 0.149 e. The molecule has 2 aromatic heterocycles. The van der Waals surface area contributed by atoms with Crippen LogP contribution in [0.5, 0.6) is 0 Å². The van der Waals surface area contributed by atoms with Gasteiger partial charge in [0.1, 0.15) is 11.8 Å². The van der Waals surface area contributed by atoms with Crippen molar-refractivity contribution in [1.82, 2.24) is 10.1 Å². The van der Waals surface area contributed by atoms with E-state index in [0.717, 1.165) is 38.5 Å². The molecule has 0 saturated carbocycles. The Labute approximate surface area is 126 Å². The number of hydrogen-bond acceptors (Lipinski definition) is 5. The van der Waals surface area contributed by atoms with Crippen LogP contribution in [0.25, 0.3) is 10.9 Å². The number of nitrogens with zero attached hydrogens (tertiary/aromatic N) is 2. The van der Waals surface area contributed by atoms with Crippen molar-refractivity contribution in [3.63, 3.8) is 0 Å². The molecule has 0 bridgehead atoms. The molecule has 0 fully saturated rings. The average molecular weight is 298 g/mol. The van der Waals surface area contributed by atoms with Crippen LogP contribution in [-0.4, -0.2) is 10.1 Å². The fraction of sp³-hybridized carbons (Fsp3) is 0.200. The first-order valence-corrected chi connectivity index (χ1v) is 7.30. The summed E-state index contributed by atoms with van der Waals surface area (Å²) in [6.45, 7) is 5.80. The number of H-pyrrole nitrogens is 1. The number of hydrogen-bond donors (Lipinski definition) is 2. The van der Waals surface area contributed by atoms with Crippen LogP contribution in [0.2, 0.25) is 0 Å². The number of fused-ring (bicyclic) bond motifs is 1. The van der Waals surface area contributed by atoms with Gasteiger partial charge < -0.3 is 14.2 Å². The maximum atomic E-state index is 9.18. The van der Waals surface area contributed by atoms with Crippen LogP contribution in [0.15, 0.2) is 27.7 Å². The summed E-state index contributed by atoms with van der Waals surface area (Å²) in [7, 11) is 0. The molecule has 0 saturated heterocycles. The molecular weight excluding hydrogens is 284 g/mol. The van der Waals surface area contributed by atoms with Gasteiger partial charge in [0.25, 0.3) is 0 Å². The molecule has 0 aliphatic heterocycles. The lowest BCUT2D eigenvalue weighted by Crippen LogP contribution is -1.91. The van der Waals surface area contributed by atoms with E-state index < -0.39 is 0 Å². The summed E-state index contributed by atoms with van der Waals surface area (Å²) >= 11 is 1.46. The number of anilines is 1. The summed E-state index contributed by atoms with van der Waals surface area (Å²) < 4.78 is 8.46. The van der Waals surface area contributed by atoms with Crippen molar-refractivity contribution in [3.05, 3.63) is 40.9 Å². The summed E-state index contributed by atoms with van der Waals surface area (Å²) in [5, 5.41) is 14.1. The third kappa shape index (κ3) is 2.26. The molecule has 2 N–H and O–H groups in total. The second kappa shape index (κ2) is 5.19. The van der Waals surface area contributed by atoms with Gasteiger partial charge >= 0.3 is 0 Å². The fourth-order valence-corrected chi connectivity index (χ4v) is 3.07. The number of nitrogens with one attached hydrogen (secondary N) is 2. The molecule has 0 aliphatic carbocycles. The van der Waals surface area contributed by atoms with E-state index in [1.807, 2.05) is 32.9 Å². The van der Waals surface area contributed by atoms with E-state index in [-0.39, 0.29) is 0 Å². The van der Waals surface area contributed by atoms with Crippen LogP contribution >= 0.6 is 11.9 Å². The quantitative estimate of drug-likeness (QED) is 0.713.